The van der Waals surface area contributed by atoms with Crippen molar-refractivity contribution in [2.24, 2.45) is 0 Å². The first-order valence-electron chi connectivity index (χ1n) is 10.9. The Morgan fingerprint density at radius 3 is 2.67 bits per heavy atom. The van der Waals surface area contributed by atoms with Crippen molar-refractivity contribution in [3.63, 3.8) is 0 Å². The summed E-state index contributed by atoms with van der Waals surface area (Å²) in [5.41, 5.74) is 6.22. The number of nitriles is 2. The van der Waals surface area contributed by atoms with Crippen LogP contribution < -0.4 is 15.4 Å². The van der Waals surface area contributed by atoms with Gasteiger partial charge >= 0.3 is 0 Å². The molecule has 0 radical (unpaired) electrons. The molecule has 1 unspecified atom stereocenters. The van der Waals surface area contributed by atoms with Crippen molar-refractivity contribution in [3.05, 3.63) is 77.5 Å². The summed E-state index contributed by atoms with van der Waals surface area (Å²) in [7, 11) is 0. The molecule has 1 aliphatic rings. The second-order valence-electron chi connectivity index (χ2n) is 8.06. The van der Waals surface area contributed by atoms with Gasteiger partial charge in [0, 0.05) is 34.9 Å². The zero-order valence-corrected chi connectivity index (χ0v) is 17.9. The van der Waals surface area contributed by atoms with Crippen molar-refractivity contribution in [2.45, 2.75) is 12.5 Å². The number of ether oxygens (including phenoxy) is 1. The highest BCUT2D eigenvalue weighted by Crippen LogP contribution is 2.32. The summed E-state index contributed by atoms with van der Waals surface area (Å²) in [6, 6.07) is 21.7. The fourth-order valence-corrected chi connectivity index (χ4v) is 3.95. The van der Waals surface area contributed by atoms with E-state index in [0.717, 1.165) is 47.4 Å². The van der Waals surface area contributed by atoms with Crippen molar-refractivity contribution in [1.82, 2.24) is 15.3 Å². The molecule has 0 bridgehead atoms. The van der Waals surface area contributed by atoms with Gasteiger partial charge in [0.25, 0.3) is 0 Å². The summed E-state index contributed by atoms with van der Waals surface area (Å²) >= 11 is 0. The molecule has 5 rings (SSSR count). The van der Waals surface area contributed by atoms with E-state index in [4.69, 9.17) is 15.3 Å². The van der Waals surface area contributed by atoms with Gasteiger partial charge in [0.05, 0.1) is 35.5 Å². The maximum absolute atomic E-state index is 9.10. The lowest BCUT2D eigenvalue weighted by molar-refractivity contribution is 0.194. The van der Waals surface area contributed by atoms with Crippen LogP contribution in [0.4, 0.5) is 5.69 Å². The average molecular weight is 435 g/mol. The number of H-pyrrole nitrogens is 1. The van der Waals surface area contributed by atoms with Gasteiger partial charge in [-0.05, 0) is 54.9 Å². The highest BCUT2D eigenvalue weighted by molar-refractivity contribution is 5.87. The zero-order chi connectivity index (χ0) is 22.6. The van der Waals surface area contributed by atoms with E-state index in [-0.39, 0.29) is 6.10 Å². The average Bonchev–Trinajstić information content (AvgIpc) is 3.30. The smallest absolute Gasteiger partial charge is 0.237 e. The molecule has 1 aliphatic heterocycles. The molecule has 7 heteroatoms. The van der Waals surface area contributed by atoms with E-state index >= 15 is 0 Å². The first-order valence-corrected chi connectivity index (χ1v) is 10.9. The first kappa shape index (κ1) is 20.6. The molecule has 1 atom stereocenters. The van der Waals surface area contributed by atoms with E-state index in [0.29, 0.717) is 23.6 Å². The quantitative estimate of drug-likeness (QED) is 0.396. The molecule has 2 aromatic heterocycles. The van der Waals surface area contributed by atoms with Crippen LogP contribution >= 0.6 is 0 Å². The minimum atomic E-state index is -0.00528. The molecule has 2 aromatic carbocycles. The Morgan fingerprint density at radius 2 is 1.85 bits per heavy atom. The summed E-state index contributed by atoms with van der Waals surface area (Å²) in [5.74, 6) is 0.603. The fraction of sp³-hybridized carbons (Fsp3) is 0.192. The van der Waals surface area contributed by atoms with E-state index in [1.807, 2.05) is 48.5 Å². The normalized spacial score (nSPS) is 14.5. The number of hydrogen-bond acceptors (Lipinski definition) is 6. The van der Waals surface area contributed by atoms with Gasteiger partial charge in [-0.3, -0.25) is 0 Å². The minimum absolute atomic E-state index is 0.00528. The van der Waals surface area contributed by atoms with Crippen LogP contribution in [0, 0.1) is 22.7 Å². The predicted molar refractivity (Wildman–Crippen MR) is 127 cm³/mol. The van der Waals surface area contributed by atoms with E-state index in [1.54, 1.807) is 6.20 Å². The SMILES string of the molecule is N#Cc1ccc(CCNCC2CNc3cc(-c4cc5ccc(C#N)cc5[nH]4)cnc3O2)cc1. The highest BCUT2D eigenvalue weighted by atomic mass is 16.5. The van der Waals surface area contributed by atoms with Crippen molar-refractivity contribution < 1.29 is 4.74 Å². The Balaban J connectivity index is 1.18. The lowest BCUT2D eigenvalue weighted by Gasteiger charge is -2.27. The summed E-state index contributed by atoms with van der Waals surface area (Å²) in [5, 5.41) is 25.9. The van der Waals surface area contributed by atoms with Crippen molar-refractivity contribution in [3.8, 4) is 29.3 Å². The Labute approximate surface area is 191 Å². The maximum Gasteiger partial charge on any atom is 0.237 e. The van der Waals surface area contributed by atoms with Crippen molar-refractivity contribution in [2.75, 3.05) is 25.0 Å². The summed E-state index contributed by atoms with van der Waals surface area (Å²) in [4.78, 5) is 7.90. The maximum atomic E-state index is 9.10. The molecule has 0 saturated heterocycles. The Bertz CT molecular complexity index is 1380. The van der Waals surface area contributed by atoms with Gasteiger partial charge in [0.2, 0.25) is 5.88 Å². The molecule has 33 heavy (non-hydrogen) atoms. The summed E-state index contributed by atoms with van der Waals surface area (Å²) in [6.07, 6.45) is 2.69. The van der Waals surface area contributed by atoms with Crippen LogP contribution in [0.5, 0.6) is 5.88 Å². The van der Waals surface area contributed by atoms with Crippen LogP contribution in [-0.2, 0) is 6.42 Å². The monoisotopic (exact) mass is 434 g/mol. The Hall–Kier alpha value is -4.33. The number of nitrogens with one attached hydrogen (secondary N) is 3. The van der Waals surface area contributed by atoms with Crippen LogP contribution in [0.25, 0.3) is 22.2 Å². The zero-order valence-electron chi connectivity index (χ0n) is 17.9. The second-order valence-corrected chi connectivity index (χ2v) is 8.06. The fourth-order valence-electron chi connectivity index (χ4n) is 3.95. The highest BCUT2D eigenvalue weighted by Gasteiger charge is 2.21. The molecular weight excluding hydrogens is 412 g/mol. The van der Waals surface area contributed by atoms with Crippen LogP contribution in [0.3, 0.4) is 0 Å². The van der Waals surface area contributed by atoms with Gasteiger partial charge < -0.3 is 20.4 Å². The number of hydrogen-bond donors (Lipinski definition) is 3. The number of aromatic amines is 1. The number of nitrogens with zero attached hydrogens (tertiary/aromatic N) is 3. The van der Waals surface area contributed by atoms with Crippen molar-refractivity contribution >= 4 is 16.6 Å². The minimum Gasteiger partial charge on any atom is -0.470 e. The third-order valence-electron chi connectivity index (χ3n) is 5.76. The predicted octanol–water partition coefficient (Wildman–Crippen LogP) is 3.98. The van der Waals surface area contributed by atoms with Gasteiger partial charge in [-0.15, -0.1) is 0 Å². The Morgan fingerprint density at radius 1 is 1.03 bits per heavy atom. The van der Waals surface area contributed by atoms with Gasteiger partial charge in [-0.2, -0.15) is 10.5 Å². The first-order chi connectivity index (χ1) is 16.2. The molecule has 0 fully saturated rings. The molecule has 162 valence electrons. The molecule has 0 aliphatic carbocycles. The molecule has 3 N–H and O–H groups in total. The number of aromatic nitrogens is 2. The molecule has 7 nitrogen and oxygen atoms in total. The molecular formula is C26H22N6O. The number of rotatable bonds is 6. The molecule has 0 saturated carbocycles. The second kappa shape index (κ2) is 9.04. The largest absolute Gasteiger partial charge is 0.470 e. The summed E-state index contributed by atoms with van der Waals surface area (Å²) in [6.45, 7) is 2.24. The van der Waals surface area contributed by atoms with Gasteiger partial charge in [0.1, 0.15) is 6.10 Å². The van der Waals surface area contributed by atoms with Crippen molar-refractivity contribution in [1.29, 1.82) is 10.5 Å². The third kappa shape index (κ3) is 4.50. The van der Waals surface area contributed by atoms with Crippen LogP contribution in [0.1, 0.15) is 16.7 Å². The summed E-state index contributed by atoms with van der Waals surface area (Å²) < 4.78 is 6.08. The van der Waals surface area contributed by atoms with Gasteiger partial charge in [0.15, 0.2) is 0 Å². The van der Waals surface area contributed by atoms with E-state index < -0.39 is 0 Å². The lowest BCUT2D eigenvalue weighted by atomic mass is 10.1. The molecule has 4 aromatic rings. The molecule has 3 heterocycles. The molecule has 0 amide bonds. The lowest BCUT2D eigenvalue weighted by Crippen LogP contribution is -2.40. The standard InChI is InChI=1S/C26H22N6O/c27-12-18-3-1-17(2-4-18)7-8-29-15-22-16-30-25-11-21(14-31-26(25)33-22)24-10-20-6-5-19(13-28)9-23(20)32-24/h1-6,9-11,14,22,29-30,32H,7-8,15-16H2. The number of pyridine rings is 1. The van der Waals surface area contributed by atoms with Crippen LogP contribution in [-0.4, -0.2) is 35.7 Å². The number of benzene rings is 2. The van der Waals surface area contributed by atoms with E-state index in [2.05, 4.69) is 38.8 Å². The van der Waals surface area contributed by atoms with Gasteiger partial charge in [-0.1, -0.05) is 18.2 Å². The topological polar surface area (TPSA) is 110 Å². The van der Waals surface area contributed by atoms with E-state index in [1.165, 1.54) is 5.56 Å². The van der Waals surface area contributed by atoms with Crippen LogP contribution in [0.15, 0.2) is 60.8 Å². The number of anilines is 1. The van der Waals surface area contributed by atoms with Crippen LogP contribution in [0.2, 0.25) is 0 Å². The Kier molecular flexibility index (Phi) is 5.63. The molecule has 0 spiro atoms. The number of fused-ring (bicyclic) bond motifs is 2. The third-order valence-corrected chi connectivity index (χ3v) is 5.76. The van der Waals surface area contributed by atoms with E-state index in [9.17, 15) is 0 Å². The van der Waals surface area contributed by atoms with Gasteiger partial charge in [-0.25, -0.2) is 4.98 Å².